The van der Waals surface area contributed by atoms with Gasteiger partial charge in [0.15, 0.2) is 0 Å². The van der Waals surface area contributed by atoms with Gasteiger partial charge in [0.05, 0.1) is 18.7 Å². The van der Waals surface area contributed by atoms with Crippen molar-refractivity contribution in [1.29, 1.82) is 0 Å². The lowest BCUT2D eigenvalue weighted by molar-refractivity contribution is -0.114. The van der Waals surface area contributed by atoms with Crippen LogP contribution in [0, 0.1) is 0 Å². The van der Waals surface area contributed by atoms with Crippen LogP contribution in [0.1, 0.15) is 17.3 Å². The Labute approximate surface area is 128 Å². The molecule has 0 saturated carbocycles. The fraction of sp³-hybridized carbons (Fsp3) is 0.188. The molecule has 1 amide bonds. The Kier molecular flexibility index (Phi) is 5.48. The summed E-state index contributed by atoms with van der Waals surface area (Å²) < 4.78 is 4.90. The molecule has 2 rings (SSSR count). The Morgan fingerprint density at radius 3 is 2.55 bits per heavy atom. The predicted molar refractivity (Wildman–Crippen MR) is 83.8 cm³/mol. The van der Waals surface area contributed by atoms with Crippen LogP contribution in [-0.2, 0) is 9.53 Å². The van der Waals surface area contributed by atoms with E-state index in [4.69, 9.17) is 4.74 Å². The van der Waals surface area contributed by atoms with Crippen LogP contribution in [0.25, 0.3) is 0 Å². The van der Waals surface area contributed by atoms with E-state index < -0.39 is 0 Å². The second-order valence-corrected chi connectivity index (χ2v) is 4.41. The SMILES string of the molecule is CCOC(=O)c1ccc(NCC(=O)Nc2ccccn2)cc1. The van der Waals surface area contributed by atoms with Crippen LogP contribution in [0.5, 0.6) is 0 Å². The van der Waals surface area contributed by atoms with Crippen LogP contribution in [0.4, 0.5) is 11.5 Å². The predicted octanol–water partition coefficient (Wildman–Crippen LogP) is 2.31. The van der Waals surface area contributed by atoms with Gasteiger partial charge in [-0.2, -0.15) is 0 Å². The standard InChI is InChI=1S/C16H17N3O3/c1-2-22-16(21)12-6-8-13(9-7-12)18-11-15(20)19-14-5-3-4-10-17-14/h3-10,18H,2,11H2,1H3,(H,17,19,20). The van der Waals surface area contributed by atoms with Gasteiger partial charge in [-0.15, -0.1) is 0 Å². The summed E-state index contributed by atoms with van der Waals surface area (Å²) in [4.78, 5) is 27.3. The van der Waals surface area contributed by atoms with Gasteiger partial charge < -0.3 is 15.4 Å². The zero-order valence-corrected chi connectivity index (χ0v) is 12.2. The Balaban J connectivity index is 1.84. The molecular weight excluding hydrogens is 282 g/mol. The molecule has 2 aromatic rings. The van der Waals surface area contributed by atoms with E-state index in [1.54, 1.807) is 55.6 Å². The minimum Gasteiger partial charge on any atom is -0.462 e. The molecule has 22 heavy (non-hydrogen) atoms. The zero-order chi connectivity index (χ0) is 15.8. The molecule has 1 aromatic heterocycles. The highest BCUT2D eigenvalue weighted by molar-refractivity contribution is 5.93. The lowest BCUT2D eigenvalue weighted by Gasteiger charge is -2.08. The van der Waals surface area contributed by atoms with Crippen molar-refractivity contribution in [1.82, 2.24) is 4.98 Å². The van der Waals surface area contributed by atoms with E-state index in [2.05, 4.69) is 15.6 Å². The fourth-order valence-electron chi connectivity index (χ4n) is 1.74. The van der Waals surface area contributed by atoms with Crippen molar-refractivity contribution in [2.24, 2.45) is 0 Å². The number of benzene rings is 1. The molecule has 0 atom stereocenters. The van der Waals surface area contributed by atoms with Gasteiger partial charge in [-0.25, -0.2) is 9.78 Å². The number of pyridine rings is 1. The summed E-state index contributed by atoms with van der Waals surface area (Å²) in [7, 11) is 0. The van der Waals surface area contributed by atoms with Crippen molar-refractivity contribution < 1.29 is 14.3 Å². The number of hydrogen-bond acceptors (Lipinski definition) is 5. The molecule has 0 saturated heterocycles. The first-order valence-corrected chi connectivity index (χ1v) is 6.91. The average Bonchev–Trinajstić information content (AvgIpc) is 2.54. The van der Waals surface area contributed by atoms with Gasteiger partial charge in [-0.3, -0.25) is 4.79 Å². The highest BCUT2D eigenvalue weighted by atomic mass is 16.5. The number of ether oxygens (including phenoxy) is 1. The summed E-state index contributed by atoms with van der Waals surface area (Å²) in [5, 5.41) is 5.64. The molecule has 0 fully saturated rings. The monoisotopic (exact) mass is 299 g/mol. The second kappa shape index (κ2) is 7.78. The molecule has 0 radical (unpaired) electrons. The Bertz CT molecular complexity index is 627. The molecule has 1 aromatic carbocycles. The Morgan fingerprint density at radius 1 is 1.14 bits per heavy atom. The third kappa shape index (κ3) is 4.59. The van der Waals surface area contributed by atoms with Gasteiger partial charge >= 0.3 is 5.97 Å². The first-order chi connectivity index (χ1) is 10.7. The van der Waals surface area contributed by atoms with E-state index in [9.17, 15) is 9.59 Å². The third-order valence-electron chi connectivity index (χ3n) is 2.78. The van der Waals surface area contributed by atoms with E-state index in [-0.39, 0.29) is 18.4 Å². The molecule has 1 heterocycles. The maximum Gasteiger partial charge on any atom is 0.338 e. The fourth-order valence-corrected chi connectivity index (χ4v) is 1.74. The van der Waals surface area contributed by atoms with Crippen LogP contribution in [0.2, 0.25) is 0 Å². The van der Waals surface area contributed by atoms with Crippen molar-refractivity contribution in [3.8, 4) is 0 Å². The van der Waals surface area contributed by atoms with E-state index in [0.717, 1.165) is 5.69 Å². The Morgan fingerprint density at radius 2 is 1.91 bits per heavy atom. The van der Waals surface area contributed by atoms with Crippen molar-refractivity contribution in [2.45, 2.75) is 6.92 Å². The first kappa shape index (κ1) is 15.5. The van der Waals surface area contributed by atoms with Crippen LogP contribution in [0.3, 0.4) is 0 Å². The third-order valence-corrected chi connectivity index (χ3v) is 2.78. The molecule has 0 aliphatic rings. The quantitative estimate of drug-likeness (QED) is 0.800. The summed E-state index contributed by atoms with van der Waals surface area (Å²) >= 11 is 0. The van der Waals surface area contributed by atoms with Gasteiger partial charge in [0.2, 0.25) is 5.91 Å². The summed E-state index contributed by atoms with van der Waals surface area (Å²) in [6, 6.07) is 12.0. The normalized spacial score (nSPS) is 9.86. The van der Waals surface area contributed by atoms with Gasteiger partial charge in [0.1, 0.15) is 5.82 Å². The van der Waals surface area contributed by atoms with Crippen LogP contribution in [0.15, 0.2) is 48.7 Å². The van der Waals surface area contributed by atoms with Crippen LogP contribution in [-0.4, -0.2) is 30.0 Å². The van der Waals surface area contributed by atoms with E-state index in [0.29, 0.717) is 18.0 Å². The summed E-state index contributed by atoms with van der Waals surface area (Å²) in [6.07, 6.45) is 1.61. The van der Waals surface area contributed by atoms with Crippen molar-refractivity contribution in [3.05, 3.63) is 54.2 Å². The summed E-state index contributed by atoms with van der Waals surface area (Å²) in [5.41, 5.74) is 1.22. The lowest BCUT2D eigenvalue weighted by atomic mass is 10.2. The van der Waals surface area contributed by atoms with Gasteiger partial charge in [-0.1, -0.05) is 6.07 Å². The van der Waals surface area contributed by atoms with Crippen LogP contribution < -0.4 is 10.6 Å². The molecular formula is C16H17N3O3. The maximum atomic E-state index is 11.8. The number of carbonyl (C=O) groups excluding carboxylic acids is 2. The molecule has 6 heteroatoms. The second-order valence-electron chi connectivity index (χ2n) is 4.41. The number of rotatable bonds is 6. The maximum absolute atomic E-state index is 11.8. The molecule has 0 spiro atoms. The number of carbonyl (C=O) groups is 2. The molecule has 2 N–H and O–H groups in total. The molecule has 0 aliphatic heterocycles. The first-order valence-electron chi connectivity index (χ1n) is 6.91. The number of esters is 1. The Hall–Kier alpha value is -2.89. The van der Waals surface area contributed by atoms with Crippen molar-refractivity contribution in [3.63, 3.8) is 0 Å². The molecule has 0 bridgehead atoms. The van der Waals surface area contributed by atoms with Gasteiger partial charge in [0.25, 0.3) is 0 Å². The number of hydrogen-bond donors (Lipinski definition) is 2. The molecule has 6 nitrogen and oxygen atoms in total. The van der Waals surface area contributed by atoms with E-state index in [1.807, 2.05) is 0 Å². The average molecular weight is 299 g/mol. The largest absolute Gasteiger partial charge is 0.462 e. The summed E-state index contributed by atoms with van der Waals surface area (Å²) in [6.45, 7) is 2.20. The number of anilines is 2. The lowest BCUT2D eigenvalue weighted by Crippen LogP contribution is -2.22. The molecule has 114 valence electrons. The number of aromatic nitrogens is 1. The van der Waals surface area contributed by atoms with Gasteiger partial charge in [0, 0.05) is 11.9 Å². The number of nitrogens with one attached hydrogen (secondary N) is 2. The zero-order valence-electron chi connectivity index (χ0n) is 12.2. The van der Waals surface area contributed by atoms with Crippen molar-refractivity contribution >= 4 is 23.4 Å². The smallest absolute Gasteiger partial charge is 0.338 e. The molecule has 0 aliphatic carbocycles. The highest BCUT2D eigenvalue weighted by Gasteiger charge is 2.06. The number of nitrogens with zero attached hydrogens (tertiary/aromatic N) is 1. The van der Waals surface area contributed by atoms with E-state index in [1.165, 1.54) is 0 Å². The minimum atomic E-state index is -0.359. The minimum absolute atomic E-state index is 0.106. The van der Waals surface area contributed by atoms with E-state index >= 15 is 0 Å². The van der Waals surface area contributed by atoms with Crippen LogP contribution >= 0.6 is 0 Å². The van der Waals surface area contributed by atoms with Gasteiger partial charge in [-0.05, 0) is 43.3 Å². The summed E-state index contributed by atoms with van der Waals surface area (Å²) in [5.74, 6) is -0.0536. The highest BCUT2D eigenvalue weighted by Crippen LogP contribution is 2.10. The number of amides is 1. The van der Waals surface area contributed by atoms with Crippen molar-refractivity contribution in [2.75, 3.05) is 23.8 Å². The molecule has 0 unspecified atom stereocenters. The topological polar surface area (TPSA) is 80.3 Å².